The molecule has 5 heteroatoms. The zero-order valence-corrected chi connectivity index (χ0v) is 19.6. The summed E-state index contributed by atoms with van der Waals surface area (Å²) < 4.78 is 0. The second-order valence-electron chi connectivity index (χ2n) is 8.15. The third-order valence-electron chi connectivity index (χ3n) is 5.97. The number of amides is 1. The average molecular weight is 473 g/mol. The van der Waals surface area contributed by atoms with Crippen LogP contribution in [0.5, 0.6) is 0 Å². The van der Waals surface area contributed by atoms with Gasteiger partial charge in [0, 0.05) is 27.8 Å². The largest absolute Gasteiger partial charge is 0.342 e. The summed E-state index contributed by atoms with van der Waals surface area (Å²) in [6, 6.07) is 31.3. The van der Waals surface area contributed by atoms with Crippen LogP contribution < -0.4 is 9.80 Å². The molecule has 0 unspecified atom stereocenters. The molecule has 1 heterocycles. The van der Waals surface area contributed by atoms with Crippen molar-refractivity contribution in [1.29, 1.82) is 0 Å². The van der Waals surface area contributed by atoms with Gasteiger partial charge in [-0.3, -0.25) is 9.69 Å². The van der Waals surface area contributed by atoms with Crippen LogP contribution in [0.15, 0.2) is 97.1 Å². The average Bonchev–Trinajstić information content (AvgIpc) is 2.83. The number of benzene rings is 4. The number of aryl methyl sites for hydroxylation is 1. The molecular weight excluding hydrogens is 451 g/mol. The van der Waals surface area contributed by atoms with E-state index in [1.807, 2.05) is 91.9 Å². The molecule has 3 nitrogen and oxygen atoms in total. The molecule has 0 fully saturated rings. The molecule has 164 valence electrons. The maximum absolute atomic E-state index is 13.9. The fourth-order valence-electron chi connectivity index (χ4n) is 4.37. The summed E-state index contributed by atoms with van der Waals surface area (Å²) in [4.78, 5) is 17.9. The molecule has 1 amide bonds. The number of hydrogen-bond acceptors (Lipinski definition) is 2. The van der Waals surface area contributed by atoms with E-state index in [2.05, 4.69) is 17.0 Å². The Balaban J connectivity index is 1.77. The van der Waals surface area contributed by atoms with Gasteiger partial charge in [0.2, 0.25) is 0 Å². The fraction of sp³-hybridized carbons (Fsp3) is 0.107. The van der Waals surface area contributed by atoms with Crippen LogP contribution in [0.1, 0.15) is 33.2 Å². The molecule has 0 radical (unpaired) electrons. The molecule has 4 aromatic rings. The quantitative estimate of drug-likeness (QED) is 0.304. The first-order chi connectivity index (χ1) is 16.0. The minimum atomic E-state index is -0.517. The van der Waals surface area contributed by atoms with Crippen LogP contribution in [0.2, 0.25) is 10.0 Å². The molecule has 0 N–H and O–H groups in total. The number of anilines is 2. The van der Waals surface area contributed by atoms with Gasteiger partial charge in [-0.1, -0.05) is 89.4 Å². The van der Waals surface area contributed by atoms with E-state index < -0.39 is 6.17 Å². The molecule has 0 aliphatic carbocycles. The summed E-state index contributed by atoms with van der Waals surface area (Å²) in [7, 11) is 0. The first kappa shape index (κ1) is 21.6. The standard InChI is InChI=1S/C28H22Cl2N2O/c1-19-14-16-21(17-15-19)32-27(26-23(29)11-7-12-24(26)30)31(18-20-8-3-2-4-9-20)25-13-6-5-10-22(25)28(32)33/h2-17,27H,18H2,1H3/t27-/m1/s1. The number of hydrogen-bond donors (Lipinski definition) is 0. The minimum absolute atomic E-state index is 0.0836. The Labute approximate surface area is 203 Å². The highest BCUT2D eigenvalue weighted by molar-refractivity contribution is 6.36. The van der Waals surface area contributed by atoms with Gasteiger partial charge < -0.3 is 4.90 Å². The van der Waals surface area contributed by atoms with E-state index in [-0.39, 0.29) is 5.91 Å². The Morgan fingerprint density at radius 3 is 2.09 bits per heavy atom. The SMILES string of the molecule is Cc1ccc(N2C(=O)c3ccccc3N(Cc3ccccc3)[C@H]2c2c(Cl)cccc2Cl)cc1. The fourth-order valence-corrected chi connectivity index (χ4v) is 4.97. The van der Waals surface area contributed by atoms with Crippen LogP contribution >= 0.6 is 23.2 Å². The summed E-state index contributed by atoms with van der Waals surface area (Å²) >= 11 is 13.5. The highest BCUT2D eigenvalue weighted by Gasteiger charge is 2.41. The van der Waals surface area contributed by atoms with Crippen molar-refractivity contribution in [2.45, 2.75) is 19.6 Å². The summed E-state index contributed by atoms with van der Waals surface area (Å²) in [5.41, 5.74) is 5.25. The number of nitrogens with zero attached hydrogens (tertiary/aromatic N) is 2. The van der Waals surface area contributed by atoms with Gasteiger partial charge in [0.1, 0.15) is 6.17 Å². The van der Waals surface area contributed by atoms with E-state index in [1.165, 1.54) is 0 Å². The summed E-state index contributed by atoms with van der Waals surface area (Å²) in [6.07, 6.45) is -0.517. The van der Waals surface area contributed by atoms with Crippen LogP contribution in [0.25, 0.3) is 0 Å². The summed E-state index contributed by atoms with van der Waals surface area (Å²) in [6.45, 7) is 2.61. The zero-order valence-electron chi connectivity index (χ0n) is 18.1. The van der Waals surface area contributed by atoms with Gasteiger partial charge >= 0.3 is 0 Å². The molecule has 0 spiro atoms. The molecule has 0 saturated carbocycles. The third-order valence-corrected chi connectivity index (χ3v) is 6.63. The zero-order chi connectivity index (χ0) is 22.9. The first-order valence-corrected chi connectivity index (χ1v) is 11.5. The Morgan fingerprint density at radius 1 is 0.758 bits per heavy atom. The molecule has 5 rings (SSSR count). The highest BCUT2D eigenvalue weighted by atomic mass is 35.5. The van der Waals surface area contributed by atoms with E-state index in [0.717, 1.165) is 22.5 Å². The molecule has 0 saturated heterocycles. The van der Waals surface area contributed by atoms with Gasteiger partial charge in [-0.25, -0.2) is 0 Å². The molecule has 0 aromatic heterocycles. The van der Waals surface area contributed by atoms with Crippen molar-refractivity contribution in [3.63, 3.8) is 0 Å². The van der Waals surface area contributed by atoms with Gasteiger partial charge in [0.25, 0.3) is 5.91 Å². The van der Waals surface area contributed by atoms with Gasteiger partial charge in [0.05, 0.1) is 11.3 Å². The maximum atomic E-state index is 13.9. The lowest BCUT2D eigenvalue weighted by Crippen LogP contribution is -2.49. The number of fused-ring (bicyclic) bond motifs is 1. The van der Waals surface area contributed by atoms with Crippen molar-refractivity contribution in [2.24, 2.45) is 0 Å². The second kappa shape index (κ2) is 8.93. The topological polar surface area (TPSA) is 23.6 Å². The van der Waals surface area contributed by atoms with Crippen LogP contribution in [0.3, 0.4) is 0 Å². The van der Waals surface area contributed by atoms with Gasteiger partial charge in [-0.2, -0.15) is 0 Å². The molecule has 1 atom stereocenters. The Morgan fingerprint density at radius 2 is 1.39 bits per heavy atom. The van der Waals surface area contributed by atoms with Crippen LogP contribution in [-0.2, 0) is 6.54 Å². The van der Waals surface area contributed by atoms with Crippen LogP contribution in [0, 0.1) is 6.92 Å². The number of rotatable bonds is 4. The molecule has 0 bridgehead atoms. The van der Waals surface area contributed by atoms with Crippen molar-refractivity contribution in [1.82, 2.24) is 0 Å². The Bertz CT molecular complexity index is 1290. The highest BCUT2D eigenvalue weighted by Crippen LogP contribution is 2.46. The first-order valence-electron chi connectivity index (χ1n) is 10.8. The van der Waals surface area contributed by atoms with Gasteiger partial charge in [0.15, 0.2) is 0 Å². The number of halogens is 2. The lowest BCUT2D eigenvalue weighted by molar-refractivity contribution is 0.0968. The second-order valence-corrected chi connectivity index (χ2v) is 8.96. The molecule has 4 aromatic carbocycles. The Kier molecular flexibility index (Phi) is 5.84. The van der Waals surface area contributed by atoms with E-state index in [4.69, 9.17) is 23.2 Å². The van der Waals surface area contributed by atoms with E-state index in [1.54, 1.807) is 4.90 Å². The lowest BCUT2D eigenvalue weighted by atomic mass is 9.98. The minimum Gasteiger partial charge on any atom is -0.342 e. The van der Waals surface area contributed by atoms with Crippen LogP contribution in [0.4, 0.5) is 11.4 Å². The molecule has 1 aliphatic heterocycles. The molecule has 33 heavy (non-hydrogen) atoms. The monoisotopic (exact) mass is 472 g/mol. The van der Waals surface area contributed by atoms with Gasteiger partial charge in [-0.05, 0) is 48.9 Å². The lowest BCUT2D eigenvalue weighted by Gasteiger charge is -2.46. The smallest absolute Gasteiger partial charge is 0.262 e. The number of para-hydroxylation sites is 1. The van der Waals surface area contributed by atoms with Crippen molar-refractivity contribution < 1.29 is 4.79 Å². The van der Waals surface area contributed by atoms with E-state index >= 15 is 0 Å². The maximum Gasteiger partial charge on any atom is 0.262 e. The van der Waals surface area contributed by atoms with Crippen molar-refractivity contribution >= 4 is 40.5 Å². The number of carbonyl (C=O) groups is 1. The summed E-state index contributed by atoms with van der Waals surface area (Å²) in [5.74, 6) is -0.0836. The van der Waals surface area contributed by atoms with Crippen LogP contribution in [-0.4, -0.2) is 5.91 Å². The number of carbonyl (C=O) groups excluding carboxylic acids is 1. The third kappa shape index (κ3) is 3.99. The summed E-state index contributed by atoms with van der Waals surface area (Å²) in [5, 5.41) is 1.05. The van der Waals surface area contributed by atoms with Gasteiger partial charge in [-0.15, -0.1) is 0 Å². The predicted octanol–water partition coefficient (Wildman–Crippen LogP) is 7.67. The normalized spacial score (nSPS) is 15.5. The van der Waals surface area contributed by atoms with Crippen molar-refractivity contribution in [3.8, 4) is 0 Å². The van der Waals surface area contributed by atoms with Crippen molar-refractivity contribution in [2.75, 3.05) is 9.80 Å². The van der Waals surface area contributed by atoms with E-state index in [0.29, 0.717) is 27.7 Å². The van der Waals surface area contributed by atoms with Crippen molar-refractivity contribution in [3.05, 3.63) is 129 Å². The predicted molar refractivity (Wildman–Crippen MR) is 136 cm³/mol. The van der Waals surface area contributed by atoms with E-state index in [9.17, 15) is 4.79 Å². The Hall–Kier alpha value is -3.27. The molecule has 1 aliphatic rings. The molecular formula is C28H22Cl2N2O.